The summed E-state index contributed by atoms with van der Waals surface area (Å²) in [5.74, 6) is -0.308. The number of rotatable bonds is 3. The number of amides is 1. The van der Waals surface area contributed by atoms with Gasteiger partial charge in [0.1, 0.15) is 6.04 Å². The summed E-state index contributed by atoms with van der Waals surface area (Å²) in [5.41, 5.74) is 9.25. The normalized spacial score (nSPS) is 24.4. The van der Waals surface area contributed by atoms with Crippen molar-refractivity contribution >= 4 is 5.91 Å². The minimum atomic E-state index is -0.338. The fourth-order valence-corrected chi connectivity index (χ4v) is 2.71. The molecule has 0 radical (unpaired) electrons. The number of benzene rings is 1. The third-order valence-electron chi connectivity index (χ3n) is 3.76. The maximum absolute atomic E-state index is 11.6. The topological polar surface area (TPSA) is 55.6 Å². The Balaban J connectivity index is 2.18. The molecule has 0 saturated carbocycles. The van der Waals surface area contributed by atoms with Gasteiger partial charge in [0.05, 0.1) is 12.7 Å². The van der Waals surface area contributed by atoms with E-state index < -0.39 is 0 Å². The third kappa shape index (κ3) is 3.14. The quantitative estimate of drug-likeness (QED) is 0.895. The summed E-state index contributed by atoms with van der Waals surface area (Å²) in [6.45, 7) is 8.23. The molecule has 1 heterocycles. The molecule has 2 rings (SSSR count). The lowest BCUT2D eigenvalue weighted by Crippen LogP contribution is -2.56. The Bertz CT molecular complexity index is 473. The Morgan fingerprint density at radius 3 is 2.84 bits per heavy atom. The molecular weight excluding hydrogens is 240 g/mol. The second kappa shape index (κ2) is 5.72. The van der Waals surface area contributed by atoms with Crippen molar-refractivity contribution in [3.8, 4) is 0 Å². The van der Waals surface area contributed by atoms with Crippen LogP contribution in [0.1, 0.15) is 23.6 Å². The number of ether oxygens (including phenoxy) is 1. The van der Waals surface area contributed by atoms with Crippen LogP contribution >= 0.6 is 0 Å². The minimum Gasteiger partial charge on any atom is -0.375 e. The lowest BCUT2D eigenvalue weighted by molar-refractivity contribution is -0.136. The highest BCUT2D eigenvalue weighted by Crippen LogP contribution is 2.19. The van der Waals surface area contributed by atoms with E-state index in [0.29, 0.717) is 6.61 Å². The number of carbonyl (C=O) groups is 1. The van der Waals surface area contributed by atoms with Gasteiger partial charge in [-0.3, -0.25) is 9.69 Å². The molecule has 1 amide bonds. The smallest absolute Gasteiger partial charge is 0.237 e. The zero-order chi connectivity index (χ0) is 14.0. The van der Waals surface area contributed by atoms with Gasteiger partial charge in [0.15, 0.2) is 0 Å². The van der Waals surface area contributed by atoms with Crippen LogP contribution in [0.2, 0.25) is 0 Å². The molecule has 1 fully saturated rings. The fourth-order valence-electron chi connectivity index (χ4n) is 2.71. The molecule has 19 heavy (non-hydrogen) atoms. The molecular formula is C15H22N2O2. The van der Waals surface area contributed by atoms with E-state index in [2.05, 4.69) is 36.9 Å². The Labute approximate surface area is 114 Å². The predicted molar refractivity (Wildman–Crippen MR) is 74.7 cm³/mol. The first kappa shape index (κ1) is 14.0. The average Bonchev–Trinajstić information content (AvgIpc) is 2.32. The molecule has 0 aromatic heterocycles. The fraction of sp³-hybridized carbons (Fsp3) is 0.533. The molecule has 104 valence electrons. The first-order chi connectivity index (χ1) is 8.99. The number of hydrogen-bond donors (Lipinski definition) is 1. The molecule has 1 aliphatic heterocycles. The van der Waals surface area contributed by atoms with Gasteiger partial charge >= 0.3 is 0 Å². The summed E-state index contributed by atoms with van der Waals surface area (Å²) in [6.07, 6.45) is -0.142. The van der Waals surface area contributed by atoms with Crippen molar-refractivity contribution in [3.05, 3.63) is 34.9 Å². The molecule has 0 unspecified atom stereocenters. The molecule has 0 aliphatic carbocycles. The maximum Gasteiger partial charge on any atom is 0.237 e. The number of primary amides is 1. The highest BCUT2D eigenvalue weighted by atomic mass is 16.5. The number of morpholine rings is 1. The van der Waals surface area contributed by atoms with E-state index in [0.717, 1.165) is 13.1 Å². The van der Waals surface area contributed by atoms with Crippen LogP contribution in [0.3, 0.4) is 0 Å². The Hall–Kier alpha value is -1.39. The van der Waals surface area contributed by atoms with E-state index in [-0.39, 0.29) is 18.1 Å². The van der Waals surface area contributed by atoms with Crippen LogP contribution in [-0.2, 0) is 16.1 Å². The van der Waals surface area contributed by atoms with Crippen molar-refractivity contribution in [2.75, 3.05) is 13.2 Å². The highest BCUT2D eigenvalue weighted by Gasteiger charge is 2.33. The number of aryl methyl sites for hydroxylation is 2. The van der Waals surface area contributed by atoms with Gasteiger partial charge in [-0.05, 0) is 31.9 Å². The lowest BCUT2D eigenvalue weighted by atomic mass is 10.0. The SMILES string of the molecule is Cc1ccc(CN2CCO[C@H](C)[C@H]2C(N)=O)c(C)c1. The number of hydrogen-bond acceptors (Lipinski definition) is 3. The second-order valence-electron chi connectivity index (χ2n) is 5.32. The molecule has 2 N–H and O–H groups in total. The zero-order valence-corrected chi connectivity index (χ0v) is 11.8. The summed E-state index contributed by atoms with van der Waals surface area (Å²) < 4.78 is 5.53. The highest BCUT2D eigenvalue weighted by molar-refractivity contribution is 5.80. The van der Waals surface area contributed by atoms with Crippen molar-refractivity contribution in [2.24, 2.45) is 5.73 Å². The molecule has 0 spiro atoms. The Kier molecular flexibility index (Phi) is 4.22. The van der Waals surface area contributed by atoms with Gasteiger partial charge in [0.25, 0.3) is 0 Å². The predicted octanol–water partition coefficient (Wildman–Crippen LogP) is 1.38. The standard InChI is InChI=1S/C15H22N2O2/c1-10-4-5-13(11(2)8-10)9-17-6-7-19-12(3)14(17)15(16)18/h4-5,8,12,14H,6-7,9H2,1-3H3,(H2,16,18)/t12-,14+/m1/s1. The number of nitrogens with zero attached hydrogens (tertiary/aromatic N) is 1. The Morgan fingerprint density at radius 1 is 1.47 bits per heavy atom. The van der Waals surface area contributed by atoms with E-state index in [9.17, 15) is 4.79 Å². The van der Waals surface area contributed by atoms with Crippen LogP contribution in [0.25, 0.3) is 0 Å². The zero-order valence-electron chi connectivity index (χ0n) is 11.8. The van der Waals surface area contributed by atoms with Crippen molar-refractivity contribution < 1.29 is 9.53 Å². The summed E-state index contributed by atoms with van der Waals surface area (Å²) in [4.78, 5) is 13.7. The molecule has 0 bridgehead atoms. The molecule has 2 atom stereocenters. The first-order valence-electron chi connectivity index (χ1n) is 6.70. The van der Waals surface area contributed by atoms with E-state index in [1.807, 2.05) is 6.92 Å². The molecule has 4 heteroatoms. The van der Waals surface area contributed by atoms with E-state index in [4.69, 9.17) is 10.5 Å². The summed E-state index contributed by atoms with van der Waals surface area (Å²) >= 11 is 0. The van der Waals surface area contributed by atoms with E-state index in [1.165, 1.54) is 16.7 Å². The van der Waals surface area contributed by atoms with Gasteiger partial charge in [0, 0.05) is 13.1 Å². The maximum atomic E-state index is 11.6. The second-order valence-corrected chi connectivity index (χ2v) is 5.32. The van der Waals surface area contributed by atoms with Crippen molar-refractivity contribution in [1.29, 1.82) is 0 Å². The first-order valence-corrected chi connectivity index (χ1v) is 6.70. The van der Waals surface area contributed by atoms with E-state index in [1.54, 1.807) is 0 Å². The van der Waals surface area contributed by atoms with Gasteiger partial charge in [-0.2, -0.15) is 0 Å². The molecule has 1 aliphatic rings. The molecule has 1 aromatic rings. The van der Waals surface area contributed by atoms with Crippen LogP contribution < -0.4 is 5.73 Å². The van der Waals surface area contributed by atoms with Crippen LogP contribution in [0.4, 0.5) is 0 Å². The van der Waals surface area contributed by atoms with Crippen LogP contribution in [0.15, 0.2) is 18.2 Å². The lowest BCUT2D eigenvalue weighted by Gasteiger charge is -2.38. The Morgan fingerprint density at radius 2 is 2.21 bits per heavy atom. The van der Waals surface area contributed by atoms with Gasteiger partial charge < -0.3 is 10.5 Å². The van der Waals surface area contributed by atoms with Crippen LogP contribution in [0.5, 0.6) is 0 Å². The van der Waals surface area contributed by atoms with E-state index >= 15 is 0 Å². The third-order valence-corrected chi connectivity index (χ3v) is 3.76. The minimum absolute atomic E-state index is 0.142. The van der Waals surface area contributed by atoms with Crippen LogP contribution in [0, 0.1) is 13.8 Å². The van der Waals surface area contributed by atoms with Gasteiger partial charge in [-0.15, -0.1) is 0 Å². The van der Waals surface area contributed by atoms with Crippen molar-refractivity contribution in [3.63, 3.8) is 0 Å². The molecule has 4 nitrogen and oxygen atoms in total. The van der Waals surface area contributed by atoms with Crippen LogP contribution in [-0.4, -0.2) is 36.1 Å². The summed E-state index contributed by atoms with van der Waals surface area (Å²) in [6, 6.07) is 6.06. The summed E-state index contributed by atoms with van der Waals surface area (Å²) in [5, 5.41) is 0. The van der Waals surface area contributed by atoms with Crippen molar-refractivity contribution in [2.45, 2.75) is 39.5 Å². The molecule has 1 saturated heterocycles. The monoisotopic (exact) mass is 262 g/mol. The van der Waals surface area contributed by atoms with Gasteiger partial charge in [0.2, 0.25) is 5.91 Å². The number of nitrogens with two attached hydrogens (primary N) is 1. The number of carbonyl (C=O) groups excluding carboxylic acids is 1. The average molecular weight is 262 g/mol. The largest absolute Gasteiger partial charge is 0.375 e. The van der Waals surface area contributed by atoms with Gasteiger partial charge in [-0.1, -0.05) is 23.8 Å². The van der Waals surface area contributed by atoms with Gasteiger partial charge in [-0.25, -0.2) is 0 Å². The molecule has 1 aromatic carbocycles. The summed E-state index contributed by atoms with van der Waals surface area (Å²) in [7, 11) is 0. The van der Waals surface area contributed by atoms with Crippen molar-refractivity contribution in [1.82, 2.24) is 4.90 Å².